The number of methoxy groups -OCH3 is 1. The summed E-state index contributed by atoms with van der Waals surface area (Å²) in [5.41, 5.74) is 6.51. The van der Waals surface area contributed by atoms with Crippen LogP contribution in [0.15, 0.2) is 24.3 Å². The third-order valence-electron chi connectivity index (χ3n) is 2.19. The molecule has 1 aromatic carbocycles. The van der Waals surface area contributed by atoms with Gasteiger partial charge in [0.2, 0.25) is 6.43 Å². The zero-order valence-electron chi connectivity index (χ0n) is 9.23. The summed E-state index contributed by atoms with van der Waals surface area (Å²) in [5, 5.41) is 0. The van der Waals surface area contributed by atoms with Crippen LogP contribution in [0.1, 0.15) is 28.4 Å². The molecular weight excluding hydrogens is 252 g/mol. The molecule has 0 aliphatic heterocycles. The van der Waals surface area contributed by atoms with Gasteiger partial charge in [-0.05, 0) is 17.7 Å². The lowest BCUT2D eigenvalue weighted by Crippen LogP contribution is -2.14. The molecule has 0 radical (unpaired) electrons. The van der Waals surface area contributed by atoms with Crippen molar-refractivity contribution >= 4 is 18.4 Å². The van der Waals surface area contributed by atoms with Gasteiger partial charge < -0.3 is 10.5 Å². The number of esters is 1. The first-order valence-corrected chi connectivity index (χ1v) is 4.76. The number of carbonyl (C=O) groups excluding carboxylic acids is 1. The molecule has 3 nitrogen and oxygen atoms in total. The highest BCUT2D eigenvalue weighted by Gasteiger charge is 2.13. The van der Waals surface area contributed by atoms with Crippen LogP contribution in [0.3, 0.4) is 0 Å². The van der Waals surface area contributed by atoms with E-state index in [2.05, 4.69) is 4.74 Å². The molecule has 0 aliphatic rings. The third kappa shape index (κ3) is 4.66. The number of ether oxygens (including phenoxy) is 1. The summed E-state index contributed by atoms with van der Waals surface area (Å²) in [7, 11) is 1.28. The fourth-order valence-electron chi connectivity index (χ4n) is 1.31. The molecule has 0 bridgehead atoms. The van der Waals surface area contributed by atoms with Crippen molar-refractivity contribution in [3.63, 3.8) is 0 Å². The Balaban J connectivity index is 0.00000256. The Morgan fingerprint density at radius 1 is 1.35 bits per heavy atom. The van der Waals surface area contributed by atoms with Crippen molar-refractivity contribution < 1.29 is 18.3 Å². The maximum absolute atomic E-state index is 12.1. The molecule has 6 heteroatoms. The minimum Gasteiger partial charge on any atom is -0.465 e. The normalized spacial score (nSPS) is 11.8. The number of rotatable bonds is 4. The maximum atomic E-state index is 12.1. The van der Waals surface area contributed by atoms with Gasteiger partial charge in [-0.3, -0.25) is 0 Å². The summed E-state index contributed by atoms with van der Waals surface area (Å²) in [6.45, 7) is 0. The van der Waals surface area contributed by atoms with Gasteiger partial charge in [0.25, 0.3) is 0 Å². The second kappa shape index (κ2) is 7.19. The fourth-order valence-corrected chi connectivity index (χ4v) is 1.31. The number of hydrogen-bond donors (Lipinski definition) is 1. The average molecular weight is 266 g/mol. The van der Waals surface area contributed by atoms with Crippen LogP contribution >= 0.6 is 12.4 Å². The third-order valence-corrected chi connectivity index (χ3v) is 2.19. The molecule has 0 heterocycles. The van der Waals surface area contributed by atoms with Crippen LogP contribution < -0.4 is 5.73 Å². The van der Waals surface area contributed by atoms with Crippen LogP contribution in [0.5, 0.6) is 0 Å². The summed E-state index contributed by atoms with van der Waals surface area (Å²) in [6.07, 6.45) is -2.83. The molecule has 1 atom stereocenters. The number of halogens is 3. The molecular formula is C11H14ClF2NO2. The zero-order valence-corrected chi connectivity index (χ0v) is 10.0. The van der Waals surface area contributed by atoms with Gasteiger partial charge in [0.05, 0.1) is 12.7 Å². The molecule has 2 N–H and O–H groups in total. The Labute approximate surface area is 104 Å². The maximum Gasteiger partial charge on any atom is 0.337 e. The molecule has 0 amide bonds. The molecule has 0 spiro atoms. The Kier molecular flexibility index (Phi) is 6.68. The fraction of sp³-hybridized carbons (Fsp3) is 0.364. The summed E-state index contributed by atoms with van der Waals surface area (Å²) in [4.78, 5) is 11.1. The average Bonchev–Trinajstić information content (AvgIpc) is 2.27. The first-order valence-electron chi connectivity index (χ1n) is 4.76. The summed E-state index contributed by atoms with van der Waals surface area (Å²) in [6, 6.07) is 5.41. The van der Waals surface area contributed by atoms with Gasteiger partial charge in [0, 0.05) is 12.5 Å². The molecule has 0 aliphatic carbocycles. The monoisotopic (exact) mass is 265 g/mol. The van der Waals surface area contributed by atoms with Crippen molar-refractivity contribution in [1.29, 1.82) is 0 Å². The molecule has 0 saturated carbocycles. The topological polar surface area (TPSA) is 52.3 Å². The van der Waals surface area contributed by atoms with Crippen LogP contribution in [-0.2, 0) is 4.74 Å². The smallest absolute Gasteiger partial charge is 0.337 e. The predicted octanol–water partition coefficient (Wildman–Crippen LogP) is 2.55. The van der Waals surface area contributed by atoms with Gasteiger partial charge in [-0.2, -0.15) is 0 Å². The van der Waals surface area contributed by atoms with E-state index in [9.17, 15) is 13.6 Å². The van der Waals surface area contributed by atoms with Crippen molar-refractivity contribution in [3.8, 4) is 0 Å². The molecule has 0 saturated heterocycles. The number of alkyl halides is 2. The molecule has 0 aromatic heterocycles. The Bertz CT molecular complexity index is 357. The van der Waals surface area contributed by atoms with Crippen LogP contribution in [0.4, 0.5) is 8.78 Å². The second-order valence-corrected chi connectivity index (χ2v) is 3.35. The van der Waals surface area contributed by atoms with Crippen molar-refractivity contribution in [1.82, 2.24) is 0 Å². The van der Waals surface area contributed by atoms with Gasteiger partial charge in [-0.15, -0.1) is 12.4 Å². The molecule has 1 rings (SSSR count). The molecule has 17 heavy (non-hydrogen) atoms. The number of benzene rings is 1. The number of nitrogens with two attached hydrogens (primary N) is 1. The first kappa shape index (κ1) is 15.8. The number of hydrogen-bond acceptors (Lipinski definition) is 3. The molecule has 0 fully saturated rings. The van der Waals surface area contributed by atoms with Crippen molar-refractivity contribution in [2.24, 2.45) is 5.73 Å². The van der Waals surface area contributed by atoms with Crippen molar-refractivity contribution in [2.75, 3.05) is 7.11 Å². The highest BCUT2D eigenvalue weighted by molar-refractivity contribution is 5.89. The first-order chi connectivity index (χ1) is 7.54. The minimum absolute atomic E-state index is 0. The van der Waals surface area contributed by atoms with Gasteiger partial charge in [0.1, 0.15) is 0 Å². The van der Waals surface area contributed by atoms with Crippen LogP contribution in [-0.4, -0.2) is 19.5 Å². The molecule has 0 unspecified atom stereocenters. The molecule has 1 aromatic rings. The van der Waals surface area contributed by atoms with Gasteiger partial charge >= 0.3 is 5.97 Å². The van der Waals surface area contributed by atoms with E-state index >= 15 is 0 Å². The lowest BCUT2D eigenvalue weighted by molar-refractivity contribution is 0.0600. The van der Waals surface area contributed by atoms with E-state index in [1.54, 1.807) is 12.1 Å². The van der Waals surface area contributed by atoms with Crippen molar-refractivity contribution in [2.45, 2.75) is 18.9 Å². The zero-order chi connectivity index (χ0) is 12.1. The van der Waals surface area contributed by atoms with Crippen LogP contribution in [0, 0.1) is 0 Å². The largest absolute Gasteiger partial charge is 0.465 e. The van der Waals surface area contributed by atoms with E-state index in [-0.39, 0.29) is 12.4 Å². The second-order valence-electron chi connectivity index (χ2n) is 3.35. The highest BCUT2D eigenvalue weighted by atomic mass is 35.5. The van der Waals surface area contributed by atoms with E-state index in [1.165, 1.54) is 19.2 Å². The van der Waals surface area contributed by atoms with E-state index < -0.39 is 24.9 Å². The van der Waals surface area contributed by atoms with E-state index in [1.807, 2.05) is 0 Å². The summed E-state index contributed by atoms with van der Waals surface area (Å²) in [5.74, 6) is -0.464. The van der Waals surface area contributed by atoms with Gasteiger partial charge in [0.15, 0.2) is 0 Å². The Hall–Kier alpha value is -1.20. The lowest BCUT2D eigenvalue weighted by atomic mass is 10.0. The van der Waals surface area contributed by atoms with Crippen LogP contribution in [0.25, 0.3) is 0 Å². The minimum atomic E-state index is -2.43. The lowest BCUT2D eigenvalue weighted by Gasteiger charge is -2.11. The van der Waals surface area contributed by atoms with Gasteiger partial charge in [-0.1, -0.05) is 12.1 Å². The van der Waals surface area contributed by atoms with Crippen LogP contribution in [0.2, 0.25) is 0 Å². The SMILES string of the molecule is COC(=O)c1ccc([C@H](N)CC(F)F)cc1.Cl. The van der Waals surface area contributed by atoms with E-state index in [0.29, 0.717) is 11.1 Å². The predicted molar refractivity (Wildman–Crippen MR) is 62.6 cm³/mol. The van der Waals surface area contributed by atoms with Gasteiger partial charge in [-0.25, -0.2) is 13.6 Å². The van der Waals surface area contributed by atoms with Crippen molar-refractivity contribution in [3.05, 3.63) is 35.4 Å². The number of carbonyl (C=O) groups is 1. The van der Waals surface area contributed by atoms with E-state index in [0.717, 1.165) is 0 Å². The quantitative estimate of drug-likeness (QED) is 0.851. The Morgan fingerprint density at radius 3 is 2.29 bits per heavy atom. The van der Waals surface area contributed by atoms with E-state index in [4.69, 9.17) is 5.73 Å². The summed E-state index contributed by atoms with van der Waals surface area (Å²) >= 11 is 0. The standard InChI is InChI=1S/C11H13F2NO2.ClH/c1-16-11(15)8-4-2-7(3-5-8)9(14)6-10(12)13;/h2-5,9-10H,6,14H2,1H3;1H/t9-;/m1./s1. The highest BCUT2D eigenvalue weighted by Crippen LogP contribution is 2.18. The summed E-state index contributed by atoms with van der Waals surface area (Å²) < 4.78 is 28.7. The molecule has 96 valence electrons. The Morgan fingerprint density at radius 2 is 1.88 bits per heavy atom.